The fourth-order valence-electron chi connectivity index (χ4n) is 2.63. The monoisotopic (exact) mass is 261 g/mol. The predicted octanol–water partition coefficient (Wildman–Crippen LogP) is 0.572. The lowest BCUT2D eigenvalue weighted by Gasteiger charge is -2.30. The van der Waals surface area contributed by atoms with Gasteiger partial charge in [-0.15, -0.1) is 12.4 Å². The summed E-state index contributed by atoms with van der Waals surface area (Å²) in [4.78, 5) is 16.8. The molecule has 1 unspecified atom stereocenters. The summed E-state index contributed by atoms with van der Waals surface area (Å²) in [5.41, 5.74) is -0.150. The maximum Gasteiger partial charge on any atom is 0.229 e. The minimum absolute atomic E-state index is 0. The summed E-state index contributed by atoms with van der Waals surface area (Å²) in [6.07, 6.45) is 2.09. The molecule has 0 radical (unpaired) electrons. The Morgan fingerprint density at radius 2 is 2.00 bits per heavy atom. The highest BCUT2D eigenvalue weighted by Crippen LogP contribution is 2.27. The largest absolute Gasteiger partial charge is 0.341 e. The molecule has 1 atom stereocenters. The molecule has 2 heterocycles. The van der Waals surface area contributed by atoms with Crippen LogP contribution in [0.4, 0.5) is 0 Å². The summed E-state index contributed by atoms with van der Waals surface area (Å²) >= 11 is 0. The van der Waals surface area contributed by atoms with E-state index in [1.54, 1.807) is 0 Å². The smallest absolute Gasteiger partial charge is 0.229 e. The highest BCUT2D eigenvalue weighted by atomic mass is 35.5. The van der Waals surface area contributed by atoms with Crippen molar-refractivity contribution in [3.05, 3.63) is 0 Å². The van der Waals surface area contributed by atoms with Crippen LogP contribution < -0.4 is 5.32 Å². The lowest BCUT2D eigenvalue weighted by atomic mass is 9.88. The first-order valence-electron chi connectivity index (χ1n) is 6.30. The Balaban J connectivity index is 0.00000144. The molecule has 0 aromatic carbocycles. The van der Waals surface area contributed by atoms with Crippen molar-refractivity contribution in [2.75, 3.05) is 46.3 Å². The van der Waals surface area contributed by atoms with Gasteiger partial charge in [0.15, 0.2) is 0 Å². The lowest BCUT2D eigenvalue weighted by molar-refractivity contribution is -0.140. The van der Waals surface area contributed by atoms with Crippen molar-refractivity contribution < 1.29 is 4.79 Å². The first-order valence-corrected chi connectivity index (χ1v) is 6.30. The zero-order valence-corrected chi connectivity index (χ0v) is 11.7. The number of hydrogen-bond donors (Lipinski definition) is 1. The number of hydrogen-bond acceptors (Lipinski definition) is 3. The Morgan fingerprint density at radius 3 is 2.65 bits per heavy atom. The molecule has 0 aliphatic carbocycles. The molecule has 2 rings (SSSR count). The minimum Gasteiger partial charge on any atom is -0.341 e. The first-order chi connectivity index (χ1) is 7.62. The molecular weight excluding hydrogens is 238 g/mol. The molecule has 2 aliphatic rings. The van der Waals surface area contributed by atoms with Crippen LogP contribution in [0, 0.1) is 5.41 Å². The Bertz CT molecular complexity index is 266. The van der Waals surface area contributed by atoms with Crippen molar-refractivity contribution in [1.82, 2.24) is 15.1 Å². The van der Waals surface area contributed by atoms with Gasteiger partial charge in [0.25, 0.3) is 0 Å². The van der Waals surface area contributed by atoms with Crippen LogP contribution >= 0.6 is 12.4 Å². The second-order valence-electron chi connectivity index (χ2n) is 5.44. The van der Waals surface area contributed by atoms with Crippen LogP contribution in [-0.4, -0.2) is 62.0 Å². The third-order valence-corrected chi connectivity index (χ3v) is 3.89. The third-order valence-electron chi connectivity index (χ3n) is 3.89. The second-order valence-corrected chi connectivity index (χ2v) is 5.44. The van der Waals surface area contributed by atoms with Gasteiger partial charge in [-0.1, -0.05) is 0 Å². The Morgan fingerprint density at radius 1 is 1.24 bits per heavy atom. The van der Waals surface area contributed by atoms with Gasteiger partial charge in [0.2, 0.25) is 5.91 Å². The molecule has 0 saturated carbocycles. The second kappa shape index (κ2) is 6.03. The summed E-state index contributed by atoms with van der Waals surface area (Å²) < 4.78 is 0. The van der Waals surface area contributed by atoms with Crippen LogP contribution in [-0.2, 0) is 4.79 Å². The normalized spacial score (nSPS) is 30.8. The number of amides is 1. The topological polar surface area (TPSA) is 35.6 Å². The number of carbonyl (C=O) groups excluding carboxylic acids is 1. The lowest BCUT2D eigenvalue weighted by Crippen LogP contribution is -2.45. The predicted molar refractivity (Wildman–Crippen MR) is 71.5 cm³/mol. The minimum atomic E-state index is -0.150. The highest BCUT2D eigenvalue weighted by molar-refractivity contribution is 5.85. The molecule has 4 nitrogen and oxygen atoms in total. The Labute approximate surface area is 110 Å². The van der Waals surface area contributed by atoms with Gasteiger partial charge >= 0.3 is 0 Å². The molecule has 100 valence electrons. The number of nitrogens with zero attached hydrogens (tertiary/aromatic N) is 2. The number of likely N-dealkylation sites (N-methyl/N-ethyl adjacent to an activating group) is 1. The number of carbonyl (C=O) groups is 1. The molecule has 1 amide bonds. The Kier molecular flexibility index (Phi) is 5.22. The standard InChI is InChI=1S/C12H23N3O.ClH/c1-12(4-5-13-10-12)11(16)15-7-3-6-14(2)8-9-15;/h13H,3-10H2,1-2H3;1H. The average Bonchev–Trinajstić information content (AvgIpc) is 2.59. The van der Waals surface area contributed by atoms with E-state index in [1.165, 1.54) is 0 Å². The van der Waals surface area contributed by atoms with Crippen molar-refractivity contribution in [2.24, 2.45) is 5.41 Å². The van der Waals surface area contributed by atoms with E-state index in [9.17, 15) is 4.79 Å². The van der Waals surface area contributed by atoms with Gasteiger partial charge in [0, 0.05) is 26.2 Å². The fraction of sp³-hybridized carbons (Fsp3) is 0.917. The molecule has 0 aromatic heterocycles. The molecule has 2 fully saturated rings. The number of nitrogens with one attached hydrogen (secondary N) is 1. The van der Waals surface area contributed by atoms with Gasteiger partial charge in [0.1, 0.15) is 0 Å². The molecule has 1 N–H and O–H groups in total. The van der Waals surface area contributed by atoms with Crippen LogP contribution in [0.1, 0.15) is 19.8 Å². The van der Waals surface area contributed by atoms with Gasteiger partial charge in [-0.05, 0) is 39.9 Å². The molecule has 0 bridgehead atoms. The van der Waals surface area contributed by atoms with E-state index in [0.717, 1.165) is 52.1 Å². The van der Waals surface area contributed by atoms with Crippen LogP contribution in [0.15, 0.2) is 0 Å². The summed E-state index contributed by atoms with van der Waals surface area (Å²) in [6.45, 7) is 7.87. The quantitative estimate of drug-likeness (QED) is 0.750. The van der Waals surface area contributed by atoms with Crippen molar-refractivity contribution >= 4 is 18.3 Å². The van der Waals surface area contributed by atoms with Gasteiger partial charge in [-0.25, -0.2) is 0 Å². The number of halogens is 1. The van der Waals surface area contributed by atoms with Gasteiger partial charge in [0.05, 0.1) is 5.41 Å². The van der Waals surface area contributed by atoms with Gasteiger partial charge < -0.3 is 15.1 Å². The zero-order valence-electron chi connectivity index (χ0n) is 10.9. The molecule has 17 heavy (non-hydrogen) atoms. The molecule has 2 aliphatic heterocycles. The van der Waals surface area contributed by atoms with Crippen molar-refractivity contribution in [3.8, 4) is 0 Å². The van der Waals surface area contributed by atoms with E-state index in [-0.39, 0.29) is 17.8 Å². The Hall–Kier alpha value is -0.320. The molecule has 0 spiro atoms. The summed E-state index contributed by atoms with van der Waals surface area (Å²) in [5.74, 6) is 0.354. The van der Waals surface area contributed by atoms with Gasteiger partial charge in [-0.2, -0.15) is 0 Å². The number of rotatable bonds is 1. The van der Waals surface area contributed by atoms with Crippen molar-refractivity contribution in [1.29, 1.82) is 0 Å². The molecule has 0 aromatic rings. The summed E-state index contributed by atoms with van der Waals surface area (Å²) in [6, 6.07) is 0. The maximum atomic E-state index is 12.4. The first kappa shape index (κ1) is 14.7. The van der Waals surface area contributed by atoms with E-state index in [1.807, 2.05) is 0 Å². The summed E-state index contributed by atoms with van der Waals surface area (Å²) in [5, 5.41) is 3.30. The van der Waals surface area contributed by atoms with Crippen molar-refractivity contribution in [3.63, 3.8) is 0 Å². The van der Waals surface area contributed by atoms with Crippen LogP contribution in [0.2, 0.25) is 0 Å². The zero-order chi connectivity index (χ0) is 11.6. The SMILES string of the molecule is CN1CCCN(C(=O)C2(C)CCNC2)CC1.Cl. The molecule has 2 saturated heterocycles. The van der Waals surface area contributed by atoms with E-state index in [0.29, 0.717) is 5.91 Å². The van der Waals surface area contributed by atoms with Crippen LogP contribution in [0.5, 0.6) is 0 Å². The van der Waals surface area contributed by atoms with Crippen molar-refractivity contribution in [2.45, 2.75) is 19.8 Å². The van der Waals surface area contributed by atoms with E-state index in [4.69, 9.17) is 0 Å². The third kappa shape index (κ3) is 3.33. The van der Waals surface area contributed by atoms with E-state index < -0.39 is 0 Å². The van der Waals surface area contributed by atoms with Gasteiger partial charge in [-0.3, -0.25) is 4.79 Å². The van der Waals surface area contributed by atoms with E-state index in [2.05, 4.69) is 29.1 Å². The maximum absolute atomic E-state index is 12.4. The van der Waals surface area contributed by atoms with E-state index >= 15 is 0 Å². The molecular formula is C12H24ClN3O. The van der Waals surface area contributed by atoms with Crippen LogP contribution in [0.25, 0.3) is 0 Å². The fourth-order valence-corrected chi connectivity index (χ4v) is 2.63. The molecule has 5 heteroatoms. The van der Waals surface area contributed by atoms with Crippen LogP contribution in [0.3, 0.4) is 0 Å². The summed E-state index contributed by atoms with van der Waals surface area (Å²) in [7, 11) is 2.13. The average molecular weight is 262 g/mol. The highest BCUT2D eigenvalue weighted by Gasteiger charge is 2.39.